The van der Waals surface area contributed by atoms with Crippen molar-refractivity contribution in [3.8, 4) is 0 Å². The summed E-state index contributed by atoms with van der Waals surface area (Å²) in [5, 5.41) is 7.03. The second-order valence-electron chi connectivity index (χ2n) is 4.31. The van der Waals surface area contributed by atoms with E-state index >= 15 is 0 Å². The van der Waals surface area contributed by atoms with E-state index in [1.807, 2.05) is 6.07 Å². The molecule has 6 heteroatoms. The van der Waals surface area contributed by atoms with Crippen molar-refractivity contribution in [2.45, 2.75) is 25.5 Å². The van der Waals surface area contributed by atoms with Gasteiger partial charge in [-0.05, 0) is 18.9 Å². The highest BCUT2D eigenvalue weighted by Gasteiger charge is 2.17. The topological polar surface area (TPSA) is 85.9 Å². The fraction of sp³-hybridized carbons (Fsp3) is 0.455. The molecule has 0 amide bonds. The van der Waals surface area contributed by atoms with Gasteiger partial charge < -0.3 is 15.0 Å². The van der Waals surface area contributed by atoms with E-state index in [1.54, 1.807) is 10.8 Å². The Morgan fingerprint density at radius 3 is 3.29 bits per heavy atom. The van der Waals surface area contributed by atoms with Gasteiger partial charge in [0.25, 0.3) is 5.56 Å². The number of aromatic nitrogens is 3. The van der Waals surface area contributed by atoms with Gasteiger partial charge in [-0.25, -0.2) is 0 Å². The van der Waals surface area contributed by atoms with Crippen molar-refractivity contribution in [2.24, 2.45) is 0 Å². The van der Waals surface area contributed by atoms with Crippen molar-refractivity contribution >= 4 is 16.7 Å². The van der Waals surface area contributed by atoms with Crippen LogP contribution in [-0.4, -0.2) is 27.5 Å². The Morgan fingerprint density at radius 2 is 2.53 bits per heavy atom. The minimum Gasteiger partial charge on any atom is -0.382 e. The number of anilines is 1. The summed E-state index contributed by atoms with van der Waals surface area (Å²) < 4.78 is 7.16. The van der Waals surface area contributed by atoms with Gasteiger partial charge in [0.2, 0.25) is 0 Å². The van der Waals surface area contributed by atoms with Gasteiger partial charge in [0.05, 0.1) is 18.2 Å². The van der Waals surface area contributed by atoms with Crippen LogP contribution in [0.2, 0.25) is 0 Å². The number of rotatable bonds is 2. The van der Waals surface area contributed by atoms with Crippen LogP contribution in [0, 0.1) is 0 Å². The molecule has 1 fully saturated rings. The van der Waals surface area contributed by atoms with E-state index in [4.69, 9.17) is 10.5 Å². The largest absolute Gasteiger partial charge is 0.382 e. The highest BCUT2D eigenvalue weighted by molar-refractivity contribution is 5.87. The lowest BCUT2D eigenvalue weighted by atomic mass is 10.2. The Bertz CT molecular complexity index is 595. The lowest BCUT2D eigenvalue weighted by Crippen LogP contribution is -2.26. The molecule has 1 atom stereocenters. The molecule has 3 N–H and O–H groups in total. The first-order valence-electron chi connectivity index (χ1n) is 5.70. The van der Waals surface area contributed by atoms with Crippen molar-refractivity contribution in [3.05, 3.63) is 22.6 Å². The van der Waals surface area contributed by atoms with E-state index < -0.39 is 0 Å². The highest BCUT2D eigenvalue weighted by atomic mass is 16.5. The average molecular weight is 234 g/mol. The van der Waals surface area contributed by atoms with E-state index in [-0.39, 0.29) is 17.5 Å². The van der Waals surface area contributed by atoms with Crippen LogP contribution >= 0.6 is 0 Å². The Balaban J connectivity index is 2.01. The quantitative estimate of drug-likeness (QED) is 0.791. The van der Waals surface area contributed by atoms with Gasteiger partial charge in [0.1, 0.15) is 5.39 Å². The van der Waals surface area contributed by atoms with E-state index in [1.165, 1.54) is 0 Å². The van der Waals surface area contributed by atoms with Crippen LogP contribution in [0.25, 0.3) is 10.9 Å². The molecule has 0 spiro atoms. The van der Waals surface area contributed by atoms with Gasteiger partial charge in [-0.1, -0.05) is 0 Å². The predicted octanol–water partition coefficient (Wildman–Crippen LogP) is 0.486. The zero-order valence-corrected chi connectivity index (χ0v) is 9.35. The summed E-state index contributed by atoms with van der Waals surface area (Å²) in [7, 11) is 0. The van der Waals surface area contributed by atoms with E-state index in [0.29, 0.717) is 17.4 Å². The van der Waals surface area contributed by atoms with Crippen molar-refractivity contribution in [1.29, 1.82) is 0 Å². The molecule has 0 radical (unpaired) electrons. The Hall–Kier alpha value is -1.82. The number of nitrogens with two attached hydrogens (primary N) is 1. The molecule has 3 heterocycles. The Kier molecular flexibility index (Phi) is 2.36. The first-order valence-corrected chi connectivity index (χ1v) is 5.70. The summed E-state index contributed by atoms with van der Waals surface area (Å²) in [6.45, 7) is 1.37. The van der Waals surface area contributed by atoms with Crippen LogP contribution in [-0.2, 0) is 11.3 Å². The molecule has 0 saturated carbocycles. The Labute approximate surface area is 97.4 Å². The number of nitrogens with zero attached hydrogens (tertiary/aromatic N) is 2. The van der Waals surface area contributed by atoms with Gasteiger partial charge in [-0.2, -0.15) is 5.10 Å². The average Bonchev–Trinajstić information content (AvgIpc) is 2.93. The van der Waals surface area contributed by atoms with Crippen LogP contribution in [0.15, 0.2) is 17.1 Å². The fourth-order valence-electron chi connectivity index (χ4n) is 2.24. The summed E-state index contributed by atoms with van der Waals surface area (Å²) in [6.07, 6.45) is 3.96. The van der Waals surface area contributed by atoms with Crippen LogP contribution in [0.3, 0.4) is 0 Å². The number of fused-ring (bicyclic) bond motifs is 1. The molecular weight excluding hydrogens is 220 g/mol. The number of ether oxygens (including phenoxy) is 1. The molecule has 1 aliphatic rings. The molecule has 2 aromatic heterocycles. The summed E-state index contributed by atoms with van der Waals surface area (Å²) in [5.41, 5.74) is 6.24. The maximum atomic E-state index is 12.2. The fourth-order valence-corrected chi connectivity index (χ4v) is 2.24. The third-order valence-electron chi connectivity index (χ3n) is 3.14. The predicted molar refractivity (Wildman–Crippen MR) is 63.7 cm³/mol. The van der Waals surface area contributed by atoms with E-state index in [2.05, 4.69) is 10.2 Å². The second-order valence-corrected chi connectivity index (χ2v) is 4.31. The van der Waals surface area contributed by atoms with E-state index in [0.717, 1.165) is 19.4 Å². The molecule has 0 bridgehead atoms. The number of pyridine rings is 1. The maximum Gasteiger partial charge on any atom is 0.263 e. The van der Waals surface area contributed by atoms with Crippen molar-refractivity contribution in [3.63, 3.8) is 0 Å². The van der Waals surface area contributed by atoms with E-state index in [9.17, 15) is 4.79 Å². The van der Waals surface area contributed by atoms with Gasteiger partial charge in [-0.3, -0.25) is 9.89 Å². The molecule has 6 nitrogen and oxygen atoms in total. The minimum absolute atomic E-state index is 0.107. The maximum absolute atomic E-state index is 12.2. The Morgan fingerprint density at radius 1 is 1.65 bits per heavy atom. The molecule has 0 aromatic carbocycles. The molecule has 90 valence electrons. The van der Waals surface area contributed by atoms with Gasteiger partial charge in [0, 0.05) is 12.8 Å². The lowest BCUT2D eigenvalue weighted by molar-refractivity contribution is 0.0963. The van der Waals surface area contributed by atoms with Crippen molar-refractivity contribution in [1.82, 2.24) is 14.8 Å². The third-order valence-corrected chi connectivity index (χ3v) is 3.14. The number of hydrogen-bond donors (Lipinski definition) is 2. The van der Waals surface area contributed by atoms with Gasteiger partial charge >= 0.3 is 0 Å². The number of nitrogens with one attached hydrogen (secondary N) is 1. The highest BCUT2D eigenvalue weighted by Crippen LogP contribution is 2.15. The smallest absolute Gasteiger partial charge is 0.263 e. The first-order chi connectivity index (χ1) is 8.25. The van der Waals surface area contributed by atoms with Crippen LogP contribution in [0.1, 0.15) is 12.8 Å². The number of hydrogen-bond acceptors (Lipinski definition) is 4. The standard InChI is InChI=1S/C11H14N4O2/c12-10-9-8(13-14-10)3-4-15(11(9)16)6-7-2-1-5-17-7/h3-4,7H,1-2,5-6H2,(H3,12,13,14)/t7-/m0/s1. The molecule has 1 saturated heterocycles. The van der Waals surface area contributed by atoms with Gasteiger partial charge in [-0.15, -0.1) is 0 Å². The SMILES string of the molecule is Nc1n[nH]c2ccn(C[C@@H]3CCCO3)c(=O)c12. The van der Waals surface area contributed by atoms with Crippen LogP contribution in [0.4, 0.5) is 5.82 Å². The summed E-state index contributed by atoms with van der Waals surface area (Å²) in [5.74, 6) is 0.256. The number of H-pyrrole nitrogens is 1. The second kappa shape index (κ2) is 3.89. The first kappa shape index (κ1) is 10.3. The molecule has 0 unspecified atom stereocenters. The molecule has 3 rings (SSSR count). The van der Waals surface area contributed by atoms with Crippen molar-refractivity contribution in [2.75, 3.05) is 12.3 Å². The molecule has 1 aliphatic heterocycles. The van der Waals surface area contributed by atoms with Crippen molar-refractivity contribution < 1.29 is 4.74 Å². The molecule has 17 heavy (non-hydrogen) atoms. The summed E-state index contributed by atoms with van der Waals surface area (Å²) in [6, 6.07) is 1.81. The monoisotopic (exact) mass is 234 g/mol. The van der Waals surface area contributed by atoms with Crippen LogP contribution in [0.5, 0.6) is 0 Å². The zero-order chi connectivity index (χ0) is 11.8. The van der Waals surface area contributed by atoms with Gasteiger partial charge in [0.15, 0.2) is 5.82 Å². The zero-order valence-electron chi connectivity index (χ0n) is 9.35. The minimum atomic E-state index is -0.107. The molecule has 2 aromatic rings. The third kappa shape index (κ3) is 1.70. The van der Waals surface area contributed by atoms with Crippen LogP contribution < -0.4 is 11.3 Å². The summed E-state index contributed by atoms with van der Waals surface area (Å²) in [4.78, 5) is 12.2. The number of aromatic amines is 1. The molecule has 0 aliphatic carbocycles. The normalized spacial score (nSPS) is 20.1. The molecular formula is C11H14N4O2. The number of nitrogen functional groups attached to an aromatic ring is 1. The lowest BCUT2D eigenvalue weighted by Gasteiger charge is -2.11. The summed E-state index contributed by atoms with van der Waals surface area (Å²) >= 11 is 0.